The standard InChI is InChI=1S/C19H16N2O7/c1-10-14(19(24)27-2)15(11-3-5-13(6-4-11)21(25)26)16(18(22)23)17(20-10)12-7-8-28-9-12/h3-9,15,20H,1-2H3,(H,22,23). The smallest absolute Gasteiger partial charge is 0.336 e. The maximum Gasteiger partial charge on any atom is 0.336 e. The molecule has 0 aliphatic carbocycles. The molecule has 28 heavy (non-hydrogen) atoms. The van der Waals surface area contributed by atoms with Gasteiger partial charge >= 0.3 is 11.9 Å². The van der Waals surface area contributed by atoms with Gasteiger partial charge in [-0.3, -0.25) is 10.1 Å². The molecule has 0 saturated carbocycles. The van der Waals surface area contributed by atoms with Crippen molar-refractivity contribution in [2.24, 2.45) is 0 Å². The summed E-state index contributed by atoms with van der Waals surface area (Å²) in [5, 5.41) is 23.8. The molecule has 0 saturated heterocycles. The Hall–Kier alpha value is -3.88. The second-order valence-electron chi connectivity index (χ2n) is 6.04. The number of aliphatic carboxylic acids is 1. The number of rotatable bonds is 5. The first-order chi connectivity index (χ1) is 13.3. The van der Waals surface area contributed by atoms with Crippen LogP contribution < -0.4 is 5.32 Å². The molecule has 1 aromatic heterocycles. The van der Waals surface area contributed by atoms with Gasteiger partial charge in [0, 0.05) is 23.4 Å². The van der Waals surface area contributed by atoms with Crippen LogP contribution in [0.25, 0.3) is 5.70 Å². The van der Waals surface area contributed by atoms with E-state index in [-0.39, 0.29) is 22.5 Å². The molecule has 2 aromatic rings. The number of hydrogen-bond donors (Lipinski definition) is 2. The number of nitro groups is 1. The van der Waals surface area contributed by atoms with Crippen LogP contribution in [0.2, 0.25) is 0 Å². The molecule has 0 spiro atoms. The third-order valence-corrected chi connectivity index (χ3v) is 4.45. The molecule has 1 atom stereocenters. The summed E-state index contributed by atoms with van der Waals surface area (Å²) in [6, 6.07) is 6.98. The summed E-state index contributed by atoms with van der Waals surface area (Å²) in [4.78, 5) is 35.0. The third kappa shape index (κ3) is 3.25. The molecule has 2 N–H and O–H groups in total. The van der Waals surface area contributed by atoms with Crippen molar-refractivity contribution >= 4 is 23.3 Å². The van der Waals surface area contributed by atoms with E-state index < -0.39 is 22.8 Å². The minimum absolute atomic E-state index is 0.0961. The van der Waals surface area contributed by atoms with Gasteiger partial charge in [-0.2, -0.15) is 0 Å². The molecule has 0 bridgehead atoms. The highest BCUT2D eigenvalue weighted by Gasteiger charge is 2.38. The number of nitrogens with one attached hydrogen (secondary N) is 1. The number of carboxylic acids is 1. The Balaban J connectivity index is 2.25. The van der Waals surface area contributed by atoms with Crippen molar-refractivity contribution in [2.75, 3.05) is 7.11 Å². The zero-order valence-corrected chi connectivity index (χ0v) is 15.0. The SMILES string of the molecule is COC(=O)C1=C(C)NC(c2ccoc2)=C(C(=O)O)C1c1ccc([N+](=O)[O-])cc1. The second kappa shape index (κ2) is 7.39. The number of carbonyl (C=O) groups excluding carboxylic acids is 1. The van der Waals surface area contributed by atoms with Gasteiger partial charge in [0.05, 0.1) is 47.3 Å². The van der Waals surface area contributed by atoms with Crippen LogP contribution >= 0.6 is 0 Å². The fourth-order valence-corrected chi connectivity index (χ4v) is 3.19. The van der Waals surface area contributed by atoms with Gasteiger partial charge in [-0.15, -0.1) is 0 Å². The van der Waals surface area contributed by atoms with Gasteiger partial charge in [-0.25, -0.2) is 9.59 Å². The summed E-state index contributed by atoms with van der Waals surface area (Å²) in [6.07, 6.45) is 2.79. The summed E-state index contributed by atoms with van der Waals surface area (Å²) < 4.78 is 9.91. The number of furan rings is 1. The monoisotopic (exact) mass is 384 g/mol. The van der Waals surface area contributed by atoms with Crippen LogP contribution in [-0.2, 0) is 14.3 Å². The van der Waals surface area contributed by atoms with Crippen LogP contribution in [0.1, 0.15) is 24.0 Å². The first-order valence-corrected chi connectivity index (χ1v) is 8.15. The summed E-state index contributed by atoms with van der Waals surface area (Å²) in [5.41, 5.74) is 1.46. The third-order valence-electron chi connectivity index (χ3n) is 4.45. The van der Waals surface area contributed by atoms with E-state index in [1.54, 1.807) is 13.0 Å². The number of nitro benzene ring substituents is 1. The molecule has 144 valence electrons. The van der Waals surface area contributed by atoms with Crippen molar-refractivity contribution in [2.45, 2.75) is 12.8 Å². The highest BCUT2D eigenvalue weighted by molar-refractivity contribution is 6.04. The molecule has 9 nitrogen and oxygen atoms in total. The predicted molar refractivity (Wildman–Crippen MR) is 97.0 cm³/mol. The molecule has 9 heteroatoms. The number of benzene rings is 1. The Morgan fingerprint density at radius 2 is 1.89 bits per heavy atom. The lowest BCUT2D eigenvalue weighted by atomic mass is 9.79. The van der Waals surface area contributed by atoms with Crippen LogP contribution in [0, 0.1) is 10.1 Å². The highest BCUT2D eigenvalue weighted by Crippen LogP contribution is 2.41. The van der Waals surface area contributed by atoms with Crippen molar-refractivity contribution in [3.8, 4) is 0 Å². The Morgan fingerprint density at radius 1 is 1.21 bits per heavy atom. The van der Waals surface area contributed by atoms with E-state index in [9.17, 15) is 24.8 Å². The van der Waals surface area contributed by atoms with E-state index in [0.29, 0.717) is 16.8 Å². The van der Waals surface area contributed by atoms with Crippen LogP contribution in [0.4, 0.5) is 5.69 Å². The summed E-state index contributed by atoms with van der Waals surface area (Å²) >= 11 is 0. The van der Waals surface area contributed by atoms with Crippen LogP contribution in [-0.4, -0.2) is 29.1 Å². The molecule has 1 aliphatic heterocycles. The number of allylic oxidation sites excluding steroid dienone is 1. The van der Waals surface area contributed by atoms with E-state index >= 15 is 0 Å². The lowest BCUT2D eigenvalue weighted by Gasteiger charge is -2.30. The number of methoxy groups -OCH3 is 1. The first kappa shape index (κ1) is 18.9. The van der Waals surface area contributed by atoms with Crippen molar-refractivity contribution in [3.05, 3.63) is 80.9 Å². The molecule has 2 heterocycles. The Labute approximate surface area is 159 Å². The topological polar surface area (TPSA) is 132 Å². The average Bonchev–Trinajstić information content (AvgIpc) is 3.21. The molecule has 0 radical (unpaired) electrons. The molecule has 1 aromatic carbocycles. The number of esters is 1. The first-order valence-electron chi connectivity index (χ1n) is 8.15. The van der Waals surface area contributed by atoms with Crippen molar-refractivity contribution in [1.29, 1.82) is 0 Å². The summed E-state index contributed by atoms with van der Waals surface area (Å²) in [6.45, 7) is 1.63. The maximum absolute atomic E-state index is 12.4. The van der Waals surface area contributed by atoms with Gasteiger partial charge in [0.1, 0.15) is 0 Å². The van der Waals surface area contributed by atoms with Gasteiger partial charge in [0.15, 0.2) is 0 Å². The van der Waals surface area contributed by atoms with E-state index in [1.807, 2.05) is 0 Å². The molecule has 1 aliphatic rings. The van der Waals surface area contributed by atoms with Gasteiger partial charge in [0.25, 0.3) is 5.69 Å². The minimum atomic E-state index is -1.25. The van der Waals surface area contributed by atoms with Crippen LogP contribution in [0.15, 0.2) is 64.1 Å². The summed E-state index contributed by atoms with van der Waals surface area (Å²) in [5.74, 6) is -2.93. The van der Waals surface area contributed by atoms with Crippen molar-refractivity contribution < 1.29 is 28.8 Å². The molecule has 1 unspecified atom stereocenters. The lowest BCUT2D eigenvalue weighted by Crippen LogP contribution is -2.31. The van der Waals surface area contributed by atoms with Gasteiger partial charge in [-0.1, -0.05) is 12.1 Å². The quantitative estimate of drug-likeness (QED) is 0.457. The Kier molecular flexibility index (Phi) is 4.99. The second-order valence-corrected chi connectivity index (χ2v) is 6.04. The molecular formula is C19H16N2O7. The number of nitrogens with zero attached hydrogens (tertiary/aromatic N) is 1. The van der Waals surface area contributed by atoms with Gasteiger partial charge in [-0.05, 0) is 18.6 Å². The molecule has 3 rings (SSSR count). The Morgan fingerprint density at radius 3 is 2.39 bits per heavy atom. The van der Waals surface area contributed by atoms with Crippen LogP contribution in [0.5, 0.6) is 0 Å². The number of dihydropyridines is 1. The number of ether oxygens (including phenoxy) is 1. The van der Waals surface area contributed by atoms with Gasteiger partial charge < -0.3 is 19.6 Å². The number of carbonyl (C=O) groups is 2. The lowest BCUT2D eigenvalue weighted by molar-refractivity contribution is -0.384. The summed E-state index contributed by atoms with van der Waals surface area (Å²) in [7, 11) is 1.20. The fraction of sp³-hybridized carbons (Fsp3) is 0.158. The zero-order valence-electron chi connectivity index (χ0n) is 15.0. The molecule has 0 fully saturated rings. The normalized spacial score (nSPS) is 16.6. The highest BCUT2D eigenvalue weighted by atomic mass is 16.6. The van der Waals surface area contributed by atoms with E-state index in [4.69, 9.17) is 9.15 Å². The largest absolute Gasteiger partial charge is 0.478 e. The van der Waals surface area contributed by atoms with Crippen molar-refractivity contribution in [1.82, 2.24) is 5.32 Å². The number of hydrogen-bond acceptors (Lipinski definition) is 7. The molecule has 0 amide bonds. The Bertz CT molecular complexity index is 1000. The van der Waals surface area contributed by atoms with Crippen molar-refractivity contribution in [3.63, 3.8) is 0 Å². The van der Waals surface area contributed by atoms with Crippen LogP contribution in [0.3, 0.4) is 0 Å². The zero-order chi connectivity index (χ0) is 20.4. The minimum Gasteiger partial charge on any atom is -0.478 e. The molecular weight excluding hydrogens is 368 g/mol. The van der Waals surface area contributed by atoms with E-state index in [2.05, 4.69) is 5.32 Å². The van der Waals surface area contributed by atoms with Gasteiger partial charge in [0.2, 0.25) is 0 Å². The number of non-ortho nitro benzene ring substituents is 1. The van der Waals surface area contributed by atoms with E-state index in [1.165, 1.54) is 43.9 Å². The number of carboxylic acid groups (broad SMARTS) is 1. The average molecular weight is 384 g/mol. The van der Waals surface area contributed by atoms with E-state index in [0.717, 1.165) is 0 Å². The fourth-order valence-electron chi connectivity index (χ4n) is 3.19. The predicted octanol–water partition coefficient (Wildman–Crippen LogP) is 2.82. The maximum atomic E-state index is 12.4.